The molecule has 26 heavy (non-hydrogen) atoms. The first kappa shape index (κ1) is 37.7. The first-order valence-electron chi connectivity index (χ1n) is 4.42. The van der Waals surface area contributed by atoms with Gasteiger partial charge in [-0.2, -0.15) is 0 Å². The van der Waals surface area contributed by atoms with E-state index in [0.717, 1.165) is 0 Å². The van der Waals surface area contributed by atoms with Gasteiger partial charge in [0, 0.05) is 0 Å². The molecule has 0 aromatic heterocycles. The third-order valence-corrected chi connectivity index (χ3v) is 0.732. The second kappa shape index (κ2) is 20.7. The normalized spacial score (nSPS) is 6.77. The SMILES string of the molecule is C.O.O=C(O)C(=O)O.O=C(O)C(=O)O.O=C(O)C(=O)O.O=C(O)C(=O)O. The molecule has 0 aliphatic heterocycles. The lowest BCUT2D eigenvalue weighted by Crippen LogP contribution is -2.09. The fourth-order valence-corrected chi connectivity index (χ4v) is 0. The van der Waals surface area contributed by atoms with Crippen molar-refractivity contribution in [3.63, 3.8) is 0 Å². The minimum Gasteiger partial charge on any atom is -0.473 e. The summed E-state index contributed by atoms with van der Waals surface area (Å²) in [7, 11) is 0. The molecule has 10 N–H and O–H groups in total. The van der Waals surface area contributed by atoms with Gasteiger partial charge in [0.1, 0.15) is 0 Å². The number of rotatable bonds is 0. The zero-order valence-corrected chi connectivity index (χ0v) is 11.3. The molecular formula is C9H14O17. The van der Waals surface area contributed by atoms with Crippen LogP contribution in [-0.2, 0) is 38.4 Å². The van der Waals surface area contributed by atoms with E-state index in [1.807, 2.05) is 0 Å². The van der Waals surface area contributed by atoms with Crippen molar-refractivity contribution in [1.82, 2.24) is 0 Å². The van der Waals surface area contributed by atoms with E-state index in [4.69, 9.17) is 79.2 Å². The van der Waals surface area contributed by atoms with Crippen molar-refractivity contribution in [2.24, 2.45) is 0 Å². The molecule has 0 radical (unpaired) electrons. The molecule has 17 heteroatoms. The zero-order chi connectivity index (χ0) is 20.6. The Morgan fingerprint density at radius 1 is 0.308 bits per heavy atom. The van der Waals surface area contributed by atoms with Crippen LogP contribution in [0.4, 0.5) is 0 Å². The van der Waals surface area contributed by atoms with E-state index in [1.54, 1.807) is 0 Å². The third kappa shape index (κ3) is 50.3. The molecule has 0 aromatic carbocycles. The average molecular weight is 394 g/mol. The molecule has 0 aromatic rings. The number of aliphatic carboxylic acids is 8. The van der Waals surface area contributed by atoms with Crippen molar-refractivity contribution in [2.75, 3.05) is 0 Å². The molecule has 0 atom stereocenters. The summed E-state index contributed by atoms with van der Waals surface area (Å²) in [5, 5.41) is 59.1. The second-order valence-electron chi connectivity index (χ2n) is 2.44. The van der Waals surface area contributed by atoms with E-state index in [9.17, 15) is 0 Å². The summed E-state index contributed by atoms with van der Waals surface area (Å²) < 4.78 is 0. The monoisotopic (exact) mass is 394 g/mol. The maximum absolute atomic E-state index is 9.10. The van der Waals surface area contributed by atoms with Crippen molar-refractivity contribution in [1.29, 1.82) is 0 Å². The predicted molar refractivity (Wildman–Crippen MR) is 71.4 cm³/mol. The molecule has 0 spiro atoms. The van der Waals surface area contributed by atoms with Gasteiger partial charge < -0.3 is 46.3 Å². The van der Waals surface area contributed by atoms with Gasteiger partial charge in [-0.05, 0) is 0 Å². The fraction of sp³-hybridized carbons (Fsp3) is 0.111. The molecule has 0 saturated heterocycles. The van der Waals surface area contributed by atoms with E-state index in [-0.39, 0.29) is 12.9 Å². The molecule has 0 saturated carbocycles. The molecule has 0 heterocycles. The number of hydrogen-bond donors (Lipinski definition) is 8. The third-order valence-electron chi connectivity index (χ3n) is 0.732. The summed E-state index contributed by atoms with van der Waals surface area (Å²) in [4.78, 5) is 72.8. The maximum atomic E-state index is 9.10. The van der Waals surface area contributed by atoms with Crippen molar-refractivity contribution in [3.05, 3.63) is 0 Å². The number of carboxylic acid groups (broad SMARTS) is 8. The van der Waals surface area contributed by atoms with Crippen LogP contribution in [0.1, 0.15) is 7.43 Å². The molecule has 0 bridgehead atoms. The Labute approximate surface area is 141 Å². The largest absolute Gasteiger partial charge is 0.473 e. The average Bonchev–Trinajstić information content (AvgIpc) is 2.40. The molecule has 152 valence electrons. The Balaban J connectivity index is -0.0000000500. The molecule has 0 fully saturated rings. The fourth-order valence-electron chi connectivity index (χ4n) is 0. The standard InChI is InChI=1S/4C2H2O4.CH4.H2O/c4*3-1(4)2(5)6;;/h4*(H,3,4)(H,5,6);1H4;1H2. The summed E-state index contributed by atoms with van der Waals surface area (Å²) >= 11 is 0. The van der Waals surface area contributed by atoms with Gasteiger partial charge in [0.15, 0.2) is 0 Å². The smallest absolute Gasteiger partial charge is 0.414 e. The van der Waals surface area contributed by atoms with Gasteiger partial charge >= 0.3 is 47.8 Å². The molecule has 17 nitrogen and oxygen atoms in total. The van der Waals surface area contributed by atoms with Gasteiger partial charge in [-0.3, -0.25) is 0 Å². The van der Waals surface area contributed by atoms with Gasteiger partial charge in [-0.25, -0.2) is 38.4 Å². The highest BCUT2D eigenvalue weighted by atomic mass is 16.5. The lowest BCUT2D eigenvalue weighted by atomic mass is 10.7. The molecular weight excluding hydrogens is 380 g/mol. The Bertz CT molecular complexity index is 384. The molecule has 0 aliphatic carbocycles. The molecule has 0 amide bonds. The van der Waals surface area contributed by atoms with Crippen LogP contribution < -0.4 is 0 Å². The first-order valence-corrected chi connectivity index (χ1v) is 4.42. The topological polar surface area (TPSA) is 330 Å². The maximum Gasteiger partial charge on any atom is 0.414 e. The zero-order valence-electron chi connectivity index (χ0n) is 11.3. The molecule has 0 unspecified atom stereocenters. The van der Waals surface area contributed by atoms with Crippen molar-refractivity contribution in [2.45, 2.75) is 7.43 Å². The Morgan fingerprint density at radius 2 is 0.346 bits per heavy atom. The van der Waals surface area contributed by atoms with E-state index in [1.165, 1.54) is 0 Å². The highest BCUT2D eigenvalue weighted by Crippen LogP contribution is 1.57. The number of hydrogen-bond acceptors (Lipinski definition) is 8. The quantitative estimate of drug-likeness (QED) is 0.184. The van der Waals surface area contributed by atoms with E-state index in [2.05, 4.69) is 0 Å². The summed E-state index contributed by atoms with van der Waals surface area (Å²) in [6, 6.07) is 0. The second-order valence-corrected chi connectivity index (χ2v) is 2.44. The van der Waals surface area contributed by atoms with Crippen LogP contribution in [-0.4, -0.2) is 94.1 Å². The van der Waals surface area contributed by atoms with E-state index in [0.29, 0.717) is 0 Å². The van der Waals surface area contributed by atoms with Crippen LogP contribution in [0.25, 0.3) is 0 Å². The van der Waals surface area contributed by atoms with Crippen molar-refractivity contribution >= 4 is 47.8 Å². The minimum atomic E-state index is -1.82. The first-order chi connectivity index (χ1) is 10.6. The summed E-state index contributed by atoms with van der Waals surface area (Å²) in [5.41, 5.74) is 0. The van der Waals surface area contributed by atoms with Gasteiger partial charge in [0.2, 0.25) is 0 Å². The lowest BCUT2D eigenvalue weighted by molar-refractivity contribution is -0.159. The molecule has 0 aliphatic rings. The minimum absolute atomic E-state index is 0. The van der Waals surface area contributed by atoms with Crippen LogP contribution in [0.15, 0.2) is 0 Å². The van der Waals surface area contributed by atoms with Crippen molar-refractivity contribution < 1.29 is 84.7 Å². The summed E-state index contributed by atoms with van der Waals surface area (Å²) in [5.74, 6) is -14.6. The van der Waals surface area contributed by atoms with Gasteiger partial charge in [0.05, 0.1) is 0 Å². The number of carboxylic acids is 8. The van der Waals surface area contributed by atoms with Crippen LogP contribution in [0.2, 0.25) is 0 Å². The predicted octanol–water partition coefficient (Wildman–Crippen LogP) is -3.57. The highest BCUT2D eigenvalue weighted by Gasteiger charge is 2.05. The molecule has 0 rings (SSSR count). The van der Waals surface area contributed by atoms with Crippen LogP contribution in [0.5, 0.6) is 0 Å². The Kier molecular flexibility index (Phi) is 30.1. The van der Waals surface area contributed by atoms with Gasteiger partial charge in [-0.15, -0.1) is 0 Å². The van der Waals surface area contributed by atoms with Crippen LogP contribution >= 0.6 is 0 Å². The van der Waals surface area contributed by atoms with Crippen molar-refractivity contribution in [3.8, 4) is 0 Å². The Morgan fingerprint density at radius 3 is 0.346 bits per heavy atom. The summed E-state index contributed by atoms with van der Waals surface area (Å²) in [6.45, 7) is 0. The van der Waals surface area contributed by atoms with E-state index < -0.39 is 47.8 Å². The summed E-state index contributed by atoms with van der Waals surface area (Å²) in [6.07, 6.45) is 0. The Hall–Kier alpha value is -4.28. The highest BCUT2D eigenvalue weighted by molar-refractivity contribution is 6.28. The van der Waals surface area contributed by atoms with Crippen LogP contribution in [0.3, 0.4) is 0 Å². The van der Waals surface area contributed by atoms with Crippen LogP contribution in [0, 0.1) is 0 Å². The van der Waals surface area contributed by atoms with Gasteiger partial charge in [0.25, 0.3) is 0 Å². The lowest BCUT2D eigenvalue weighted by Gasteiger charge is -1.72. The number of carbonyl (C=O) groups is 8. The van der Waals surface area contributed by atoms with E-state index >= 15 is 0 Å². The van der Waals surface area contributed by atoms with Gasteiger partial charge in [-0.1, -0.05) is 7.43 Å².